The van der Waals surface area contributed by atoms with Crippen LogP contribution >= 0.6 is 0 Å². The second-order valence-corrected chi connectivity index (χ2v) is 7.06. The maximum Gasteiger partial charge on any atom is 0.224 e. The molecule has 0 radical (unpaired) electrons. The Morgan fingerprint density at radius 3 is 2.85 bits per heavy atom. The minimum absolute atomic E-state index is 0.0714. The van der Waals surface area contributed by atoms with Crippen LogP contribution in [0.3, 0.4) is 0 Å². The van der Waals surface area contributed by atoms with Gasteiger partial charge in [0.1, 0.15) is 5.82 Å². The standard InChI is InChI=1S/C19H27N5O2/c1-13-9-14(2)24(22-13)8-6-18(26)23-7-4-5-16(11-23)19-17(12-25)10-20-15(3)21-19/h9-10,16,25H,4-8,11-12H2,1-3H3. The molecule has 1 amide bonds. The summed E-state index contributed by atoms with van der Waals surface area (Å²) in [5, 5.41) is 14.0. The van der Waals surface area contributed by atoms with E-state index in [0.29, 0.717) is 25.3 Å². The Morgan fingerprint density at radius 1 is 1.35 bits per heavy atom. The SMILES string of the molecule is Cc1cc(C)n(CCC(=O)N2CCCC(c3nc(C)ncc3CO)C2)n1. The number of aliphatic hydroxyl groups excluding tert-OH is 1. The first-order valence-electron chi connectivity index (χ1n) is 9.20. The minimum atomic E-state index is -0.0714. The van der Waals surface area contributed by atoms with Crippen molar-refractivity contribution in [3.63, 3.8) is 0 Å². The fourth-order valence-corrected chi connectivity index (χ4v) is 3.68. The topological polar surface area (TPSA) is 84.1 Å². The molecule has 2 aromatic heterocycles. The molecule has 0 saturated carbocycles. The molecule has 1 atom stereocenters. The number of amides is 1. The molecule has 1 N–H and O–H groups in total. The van der Waals surface area contributed by atoms with E-state index in [4.69, 9.17) is 0 Å². The quantitative estimate of drug-likeness (QED) is 0.883. The summed E-state index contributed by atoms with van der Waals surface area (Å²) in [6.45, 7) is 7.79. The van der Waals surface area contributed by atoms with Crippen molar-refractivity contribution in [2.45, 2.75) is 59.1 Å². The minimum Gasteiger partial charge on any atom is -0.392 e. The zero-order valence-corrected chi connectivity index (χ0v) is 15.8. The molecule has 0 aromatic carbocycles. The second-order valence-electron chi connectivity index (χ2n) is 7.06. The van der Waals surface area contributed by atoms with E-state index in [9.17, 15) is 9.90 Å². The van der Waals surface area contributed by atoms with E-state index in [2.05, 4.69) is 15.1 Å². The summed E-state index contributed by atoms with van der Waals surface area (Å²) in [5.74, 6) is 1.01. The fourth-order valence-electron chi connectivity index (χ4n) is 3.68. The molecule has 1 saturated heterocycles. The van der Waals surface area contributed by atoms with Gasteiger partial charge in [0.25, 0.3) is 0 Å². The third kappa shape index (κ3) is 4.09. The number of rotatable bonds is 5. The lowest BCUT2D eigenvalue weighted by Gasteiger charge is -2.33. The average Bonchev–Trinajstić information content (AvgIpc) is 2.97. The van der Waals surface area contributed by atoms with Gasteiger partial charge in [0, 0.05) is 49.4 Å². The lowest BCUT2D eigenvalue weighted by molar-refractivity contribution is -0.132. The van der Waals surface area contributed by atoms with Gasteiger partial charge >= 0.3 is 0 Å². The van der Waals surface area contributed by atoms with Gasteiger partial charge in [-0.25, -0.2) is 9.97 Å². The molecule has 1 aliphatic rings. The summed E-state index contributed by atoms with van der Waals surface area (Å²) < 4.78 is 1.90. The third-order valence-corrected chi connectivity index (χ3v) is 4.99. The highest BCUT2D eigenvalue weighted by molar-refractivity contribution is 5.76. The van der Waals surface area contributed by atoms with Crippen molar-refractivity contribution in [1.82, 2.24) is 24.6 Å². The number of likely N-dealkylation sites (tertiary alicyclic amines) is 1. The largest absolute Gasteiger partial charge is 0.392 e. The molecule has 1 unspecified atom stereocenters. The maximum atomic E-state index is 12.7. The van der Waals surface area contributed by atoms with Crippen LogP contribution in [-0.2, 0) is 17.9 Å². The number of carbonyl (C=O) groups is 1. The Bertz CT molecular complexity index is 786. The van der Waals surface area contributed by atoms with Crippen molar-refractivity contribution in [2.75, 3.05) is 13.1 Å². The van der Waals surface area contributed by atoms with Crippen LogP contribution < -0.4 is 0 Å². The highest BCUT2D eigenvalue weighted by Crippen LogP contribution is 2.28. The first-order chi connectivity index (χ1) is 12.5. The van der Waals surface area contributed by atoms with Gasteiger partial charge in [-0.2, -0.15) is 5.10 Å². The molecule has 26 heavy (non-hydrogen) atoms. The first kappa shape index (κ1) is 18.5. The lowest BCUT2D eigenvalue weighted by atomic mass is 9.92. The van der Waals surface area contributed by atoms with E-state index in [1.165, 1.54) is 0 Å². The van der Waals surface area contributed by atoms with Gasteiger partial charge in [0.05, 0.1) is 18.0 Å². The van der Waals surface area contributed by atoms with E-state index in [0.717, 1.165) is 42.0 Å². The maximum absolute atomic E-state index is 12.7. The van der Waals surface area contributed by atoms with Crippen molar-refractivity contribution in [3.05, 3.63) is 40.7 Å². The normalized spacial score (nSPS) is 17.5. The summed E-state index contributed by atoms with van der Waals surface area (Å²) in [6.07, 6.45) is 4.07. The number of nitrogens with zero attached hydrogens (tertiary/aromatic N) is 5. The number of aryl methyl sites for hydroxylation is 4. The van der Waals surface area contributed by atoms with Gasteiger partial charge in [-0.3, -0.25) is 9.48 Å². The smallest absolute Gasteiger partial charge is 0.224 e. The van der Waals surface area contributed by atoms with Crippen LogP contribution in [0.15, 0.2) is 12.3 Å². The number of carbonyl (C=O) groups excluding carboxylic acids is 1. The van der Waals surface area contributed by atoms with Crippen molar-refractivity contribution in [2.24, 2.45) is 0 Å². The summed E-state index contributed by atoms with van der Waals surface area (Å²) in [6, 6.07) is 2.02. The lowest BCUT2D eigenvalue weighted by Crippen LogP contribution is -2.40. The van der Waals surface area contributed by atoms with Crippen molar-refractivity contribution in [3.8, 4) is 0 Å². The van der Waals surface area contributed by atoms with Crippen LogP contribution in [0.1, 0.15) is 53.7 Å². The second kappa shape index (κ2) is 7.95. The van der Waals surface area contributed by atoms with Crippen LogP contribution in [0, 0.1) is 20.8 Å². The van der Waals surface area contributed by atoms with Gasteiger partial charge in [-0.15, -0.1) is 0 Å². The highest BCUT2D eigenvalue weighted by Gasteiger charge is 2.27. The molecule has 140 valence electrons. The molecule has 3 rings (SSSR count). The molecule has 3 heterocycles. The molecule has 0 aliphatic carbocycles. The Labute approximate surface area is 154 Å². The predicted octanol–water partition coefficient (Wildman–Crippen LogP) is 1.89. The summed E-state index contributed by atoms with van der Waals surface area (Å²) in [5.41, 5.74) is 3.70. The van der Waals surface area contributed by atoms with E-state index < -0.39 is 0 Å². The summed E-state index contributed by atoms with van der Waals surface area (Å²) in [4.78, 5) is 23.3. The molecular formula is C19H27N5O2. The monoisotopic (exact) mass is 357 g/mol. The third-order valence-electron chi connectivity index (χ3n) is 4.99. The van der Waals surface area contributed by atoms with Crippen LogP contribution in [0.25, 0.3) is 0 Å². The highest BCUT2D eigenvalue weighted by atomic mass is 16.3. The van der Waals surface area contributed by atoms with Crippen LogP contribution in [0.4, 0.5) is 0 Å². The van der Waals surface area contributed by atoms with E-state index in [1.54, 1.807) is 6.20 Å². The molecule has 7 nitrogen and oxygen atoms in total. The van der Waals surface area contributed by atoms with E-state index in [1.807, 2.05) is 36.4 Å². The molecule has 0 spiro atoms. The van der Waals surface area contributed by atoms with Gasteiger partial charge in [0.2, 0.25) is 5.91 Å². The molecule has 1 aliphatic heterocycles. The van der Waals surface area contributed by atoms with E-state index >= 15 is 0 Å². The van der Waals surface area contributed by atoms with Crippen molar-refractivity contribution in [1.29, 1.82) is 0 Å². The Balaban J connectivity index is 1.65. The van der Waals surface area contributed by atoms with Gasteiger partial charge in [0.15, 0.2) is 0 Å². The Hall–Kier alpha value is -2.28. The number of hydrogen-bond donors (Lipinski definition) is 1. The number of aliphatic hydroxyl groups is 1. The van der Waals surface area contributed by atoms with Gasteiger partial charge in [-0.1, -0.05) is 0 Å². The zero-order valence-electron chi connectivity index (χ0n) is 15.8. The fraction of sp³-hybridized carbons (Fsp3) is 0.579. The number of aromatic nitrogens is 4. The van der Waals surface area contributed by atoms with Gasteiger partial charge in [-0.05, 0) is 39.7 Å². The predicted molar refractivity (Wildman–Crippen MR) is 97.6 cm³/mol. The van der Waals surface area contributed by atoms with Crippen LogP contribution in [0.2, 0.25) is 0 Å². The molecular weight excluding hydrogens is 330 g/mol. The Kier molecular flexibility index (Phi) is 5.66. The average molecular weight is 357 g/mol. The van der Waals surface area contributed by atoms with Crippen molar-refractivity contribution >= 4 is 5.91 Å². The van der Waals surface area contributed by atoms with Crippen LogP contribution in [0.5, 0.6) is 0 Å². The Morgan fingerprint density at radius 2 is 2.15 bits per heavy atom. The number of piperidine rings is 1. The molecule has 1 fully saturated rings. The van der Waals surface area contributed by atoms with E-state index in [-0.39, 0.29) is 18.4 Å². The van der Waals surface area contributed by atoms with Crippen molar-refractivity contribution < 1.29 is 9.90 Å². The summed E-state index contributed by atoms with van der Waals surface area (Å²) in [7, 11) is 0. The van der Waals surface area contributed by atoms with Gasteiger partial charge < -0.3 is 10.0 Å². The molecule has 2 aromatic rings. The molecule has 0 bridgehead atoms. The zero-order chi connectivity index (χ0) is 18.7. The number of hydrogen-bond acceptors (Lipinski definition) is 5. The van der Waals surface area contributed by atoms with Crippen LogP contribution in [-0.4, -0.2) is 48.8 Å². The molecule has 7 heteroatoms. The summed E-state index contributed by atoms with van der Waals surface area (Å²) >= 11 is 0. The first-order valence-corrected chi connectivity index (χ1v) is 9.20.